The average molecular weight is 299 g/mol. The molecule has 2 aromatic carbocycles. The van der Waals surface area contributed by atoms with Crippen molar-refractivity contribution in [2.45, 2.75) is 6.42 Å². The minimum absolute atomic E-state index is 0.210. The van der Waals surface area contributed by atoms with Gasteiger partial charge in [-0.05, 0) is 29.3 Å². The zero-order valence-corrected chi connectivity index (χ0v) is 11.2. The SMILES string of the molecule is O=C(O)Cc1ccc(-c2ccc(Cl)c(Cl)c2)c(F)c1. The van der Waals surface area contributed by atoms with Crippen molar-refractivity contribution in [1.29, 1.82) is 0 Å². The predicted octanol–water partition coefficient (Wildman–Crippen LogP) is 4.43. The zero-order chi connectivity index (χ0) is 14.0. The second-order valence-corrected chi connectivity index (χ2v) is 4.83. The molecule has 0 radical (unpaired) electrons. The largest absolute Gasteiger partial charge is 0.481 e. The van der Waals surface area contributed by atoms with Gasteiger partial charge in [-0.3, -0.25) is 4.79 Å². The lowest BCUT2D eigenvalue weighted by molar-refractivity contribution is -0.136. The Morgan fingerprint density at radius 1 is 1.11 bits per heavy atom. The van der Waals surface area contributed by atoms with Gasteiger partial charge in [0.1, 0.15) is 5.82 Å². The third kappa shape index (κ3) is 3.25. The van der Waals surface area contributed by atoms with Gasteiger partial charge in [-0.1, -0.05) is 41.4 Å². The summed E-state index contributed by atoms with van der Waals surface area (Å²) in [7, 11) is 0. The van der Waals surface area contributed by atoms with Crippen LogP contribution >= 0.6 is 23.2 Å². The average Bonchev–Trinajstić information content (AvgIpc) is 2.32. The molecule has 1 N–H and O–H groups in total. The van der Waals surface area contributed by atoms with Crippen molar-refractivity contribution in [2.75, 3.05) is 0 Å². The van der Waals surface area contributed by atoms with Gasteiger partial charge in [0.2, 0.25) is 0 Å². The molecule has 0 bridgehead atoms. The van der Waals surface area contributed by atoms with E-state index in [4.69, 9.17) is 28.3 Å². The molecular formula is C14H9Cl2FO2. The van der Waals surface area contributed by atoms with Gasteiger partial charge in [-0.25, -0.2) is 4.39 Å². The normalized spacial score (nSPS) is 10.5. The first kappa shape index (κ1) is 13.8. The van der Waals surface area contributed by atoms with E-state index in [9.17, 15) is 9.18 Å². The zero-order valence-electron chi connectivity index (χ0n) is 9.66. The summed E-state index contributed by atoms with van der Waals surface area (Å²) in [4.78, 5) is 10.6. The Kier molecular flexibility index (Phi) is 4.08. The molecule has 5 heteroatoms. The maximum atomic E-state index is 13.9. The smallest absolute Gasteiger partial charge is 0.307 e. The van der Waals surface area contributed by atoms with Crippen LogP contribution in [-0.4, -0.2) is 11.1 Å². The lowest BCUT2D eigenvalue weighted by atomic mass is 10.0. The molecule has 0 saturated heterocycles. The molecule has 0 saturated carbocycles. The van der Waals surface area contributed by atoms with E-state index in [-0.39, 0.29) is 6.42 Å². The summed E-state index contributed by atoms with van der Waals surface area (Å²) in [5.74, 6) is -1.49. The van der Waals surface area contributed by atoms with Crippen molar-refractivity contribution < 1.29 is 14.3 Å². The third-order valence-electron chi connectivity index (χ3n) is 2.62. The van der Waals surface area contributed by atoms with Crippen molar-refractivity contribution in [2.24, 2.45) is 0 Å². The maximum absolute atomic E-state index is 13.9. The summed E-state index contributed by atoms with van der Waals surface area (Å²) in [6.07, 6.45) is -0.210. The van der Waals surface area contributed by atoms with Gasteiger partial charge in [0.25, 0.3) is 0 Å². The first-order valence-electron chi connectivity index (χ1n) is 5.43. The standard InChI is InChI=1S/C14H9Cl2FO2/c15-11-4-2-9(7-12(11)16)10-3-1-8(5-13(10)17)6-14(18)19/h1-5,7H,6H2,(H,18,19). The van der Waals surface area contributed by atoms with Crippen LogP contribution in [0.25, 0.3) is 11.1 Å². The molecule has 2 nitrogen and oxygen atoms in total. The molecule has 2 rings (SSSR count). The molecular weight excluding hydrogens is 290 g/mol. The van der Waals surface area contributed by atoms with Gasteiger partial charge < -0.3 is 5.11 Å². The van der Waals surface area contributed by atoms with Crippen molar-refractivity contribution in [3.8, 4) is 11.1 Å². The fraction of sp³-hybridized carbons (Fsp3) is 0.0714. The van der Waals surface area contributed by atoms with E-state index in [1.807, 2.05) is 0 Å². The highest BCUT2D eigenvalue weighted by atomic mass is 35.5. The number of carbonyl (C=O) groups is 1. The maximum Gasteiger partial charge on any atom is 0.307 e. The van der Waals surface area contributed by atoms with Crippen molar-refractivity contribution in [3.63, 3.8) is 0 Å². The molecule has 2 aromatic rings. The van der Waals surface area contributed by atoms with Gasteiger partial charge >= 0.3 is 5.97 Å². The van der Waals surface area contributed by atoms with Crippen molar-refractivity contribution in [3.05, 3.63) is 57.8 Å². The van der Waals surface area contributed by atoms with E-state index >= 15 is 0 Å². The number of hydrogen-bond acceptors (Lipinski definition) is 1. The monoisotopic (exact) mass is 298 g/mol. The molecule has 0 spiro atoms. The highest BCUT2D eigenvalue weighted by Crippen LogP contribution is 2.30. The van der Waals surface area contributed by atoms with Gasteiger partial charge in [-0.15, -0.1) is 0 Å². The van der Waals surface area contributed by atoms with E-state index in [0.717, 1.165) is 0 Å². The van der Waals surface area contributed by atoms with Crippen LogP contribution in [0.4, 0.5) is 4.39 Å². The Labute approximate surface area is 119 Å². The predicted molar refractivity (Wildman–Crippen MR) is 73.2 cm³/mol. The number of carboxylic acid groups (broad SMARTS) is 1. The molecule has 0 aromatic heterocycles. The van der Waals surface area contributed by atoms with Crippen LogP contribution in [0.2, 0.25) is 10.0 Å². The Bertz CT molecular complexity index is 641. The fourth-order valence-corrected chi connectivity index (χ4v) is 2.04. The molecule has 0 fully saturated rings. The Balaban J connectivity index is 2.40. The highest BCUT2D eigenvalue weighted by Gasteiger charge is 2.09. The Morgan fingerprint density at radius 2 is 1.84 bits per heavy atom. The molecule has 0 unspecified atom stereocenters. The van der Waals surface area contributed by atoms with E-state index in [1.54, 1.807) is 24.3 Å². The summed E-state index contributed by atoms with van der Waals surface area (Å²) in [5.41, 5.74) is 1.36. The molecule has 0 atom stereocenters. The quantitative estimate of drug-likeness (QED) is 0.910. The molecule has 19 heavy (non-hydrogen) atoms. The van der Waals surface area contributed by atoms with Crippen molar-refractivity contribution in [1.82, 2.24) is 0 Å². The van der Waals surface area contributed by atoms with Crippen LogP contribution in [0, 0.1) is 5.82 Å². The van der Waals surface area contributed by atoms with Crippen LogP contribution in [0.15, 0.2) is 36.4 Å². The van der Waals surface area contributed by atoms with Crippen LogP contribution in [0.5, 0.6) is 0 Å². The van der Waals surface area contributed by atoms with E-state index in [1.165, 1.54) is 12.1 Å². The molecule has 98 valence electrons. The van der Waals surface area contributed by atoms with Crippen LogP contribution < -0.4 is 0 Å². The van der Waals surface area contributed by atoms with Gasteiger partial charge in [0.15, 0.2) is 0 Å². The van der Waals surface area contributed by atoms with Crippen LogP contribution in [-0.2, 0) is 11.2 Å². The van der Waals surface area contributed by atoms with Gasteiger partial charge in [-0.2, -0.15) is 0 Å². The molecule has 0 heterocycles. The number of hydrogen-bond donors (Lipinski definition) is 1. The summed E-state index contributed by atoms with van der Waals surface area (Å²) < 4.78 is 13.9. The number of rotatable bonds is 3. The second-order valence-electron chi connectivity index (χ2n) is 4.01. The number of aliphatic carboxylic acids is 1. The van der Waals surface area contributed by atoms with Crippen LogP contribution in [0.1, 0.15) is 5.56 Å². The summed E-state index contributed by atoms with van der Waals surface area (Å²) in [5, 5.41) is 9.39. The first-order valence-corrected chi connectivity index (χ1v) is 6.18. The first-order chi connectivity index (χ1) is 8.97. The third-order valence-corrected chi connectivity index (χ3v) is 3.36. The molecule has 0 aliphatic rings. The number of benzene rings is 2. The van der Waals surface area contributed by atoms with Crippen LogP contribution in [0.3, 0.4) is 0 Å². The van der Waals surface area contributed by atoms with E-state index in [2.05, 4.69) is 0 Å². The van der Waals surface area contributed by atoms with Gasteiger partial charge in [0, 0.05) is 5.56 Å². The molecule has 0 aliphatic heterocycles. The second kappa shape index (κ2) is 5.59. The molecule has 0 aliphatic carbocycles. The lowest BCUT2D eigenvalue weighted by Crippen LogP contribution is -2.00. The number of carboxylic acids is 1. The Morgan fingerprint density at radius 3 is 2.42 bits per heavy atom. The summed E-state index contributed by atoms with van der Waals surface area (Å²) >= 11 is 11.7. The summed E-state index contributed by atoms with van der Waals surface area (Å²) in [6.45, 7) is 0. The molecule has 0 amide bonds. The van der Waals surface area contributed by atoms with Crippen molar-refractivity contribution >= 4 is 29.2 Å². The fourth-order valence-electron chi connectivity index (χ4n) is 1.74. The number of halogens is 3. The summed E-state index contributed by atoms with van der Waals surface area (Å²) in [6, 6.07) is 9.14. The minimum atomic E-state index is -0.998. The highest BCUT2D eigenvalue weighted by molar-refractivity contribution is 6.42. The van der Waals surface area contributed by atoms with E-state index < -0.39 is 11.8 Å². The minimum Gasteiger partial charge on any atom is -0.481 e. The lowest BCUT2D eigenvalue weighted by Gasteiger charge is -2.06. The topological polar surface area (TPSA) is 37.3 Å². The van der Waals surface area contributed by atoms with E-state index in [0.29, 0.717) is 26.7 Å². The van der Waals surface area contributed by atoms with Gasteiger partial charge in [0.05, 0.1) is 16.5 Å². The Hall–Kier alpha value is -1.58.